The lowest BCUT2D eigenvalue weighted by molar-refractivity contribution is 0.0736. The molecule has 86 valence electrons. The van der Waals surface area contributed by atoms with Gasteiger partial charge in [-0.1, -0.05) is 11.6 Å². The van der Waals surface area contributed by atoms with Crippen molar-refractivity contribution in [2.45, 2.75) is 31.5 Å². The molecule has 3 rings (SSSR count). The quantitative estimate of drug-likeness (QED) is 0.741. The predicted octanol–water partition coefficient (Wildman–Crippen LogP) is 1.82. The van der Waals surface area contributed by atoms with E-state index in [0.717, 1.165) is 19.3 Å². The number of ether oxygens (including phenoxy) is 1. The molecule has 16 heavy (non-hydrogen) atoms. The van der Waals surface area contributed by atoms with Crippen LogP contribution in [-0.4, -0.2) is 27.8 Å². The molecule has 5 heteroatoms. The van der Waals surface area contributed by atoms with Crippen molar-refractivity contribution in [3.8, 4) is 0 Å². The molecule has 0 amide bonds. The van der Waals surface area contributed by atoms with Crippen LogP contribution in [-0.2, 0) is 11.8 Å². The molecule has 1 aromatic heterocycles. The van der Waals surface area contributed by atoms with E-state index in [1.807, 2.05) is 0 Å². The Balaban J connectivity index is 1.89. The topological polar surface area (TPSA) is 44.1 Å². The minimum Gasteiger partial charge on any atom is -0.374 e. The third kappa shape index (κ3) is 1.40. The summed E-state index contributed by atoms with van der Waals surface area (Å²) in [6.07, 6.45) is 4.83. The highest BCUT2D eigenvalue weighted by Crippen LogP contribution is 2.40. The fourth-order valence-corrected chi connectivity index (χ4v) is 3.04. The Hall–Kier alpha value is -0.870. The summed E-state index contributed by atoms with van der Waals surface area (Å²) in [7, 11) is 1.74. The zero-order chi connectivity index (χ0) is 11.3. The Bertz CT molecular complexity index is 424. The first-order valence-electron chi connectivity index (χ1n) is 5.54. The smallest absolute Gasteiger partial charge is 0.188 e. The SMILES string of the molecule is Cn1ncc(Cl)c1C(=O)C1CC2CCC1O2. The van der Waals surface area contributed by atoms with Crippen LogP contribution in [0.5, 0.6) is 0 Å². The molecule has 2 aliphatic rings. The zero-order valence-electron chi connectivity index (χ0n) is 9.02. The number of aryl methyl sites for hydroxylation is 1. The Labute approximate surface area is 98.5 Å². The molecule has 0 spiro atoms. The van der Waals surface area contributed by atoms with Crippen LogP contribution in [0.1, 0.15) is 29.8 Å². The van der Waals surface area contributed by atoms with E-state index in [-0.39, 0.29) is 23.9 Å². The van der Waals surface area contributed by atoms with Crippen molar-refractivity contribution in [2.75, 3.05) is 0 Å². The molecule has 0 N–H and O–H groups in total. The van der Waals surface area contributed by atoms with E-state index < -0.39 is 0 Å². The molecule has 0 aliphatic carbocycles. The number of Topliss-reactive ketones (excluding diaryl/α,β-unsaturated/α-hetero) is 1. The molecule has 1 aromatic rings. The van der Waals surface area contributed by atoms with Gasteiger partial charge in [-0.2, -0.15) is 5.10 Å². The molecule has 2 fully saturated rings. The second-order valence-electron chi connectivity index (χ2n) is 4.55. The summed E-state index contributed by atoms with van der Waals surface area (Å²) in [4.78, 5) is 12.3. The summed E-state index contributed by atoms with van der Waals surface area (Å²) in [6, 6.07) is 0. The van der Waals surface area contributed by atoms with Gasteiger partial charge in [-0.25, -0.2) is 0 Å². The van der Waals surface area contributed by atoms with E-state index in [4.69, 9.17) is 16.3 Å². The lowest BCUT2D eigenvalue weighted by Gasteiger charge is -2.17. The van der Waals surface area contributed by atoms with Crippen LogP contribution < -0.4 is 0 Å². The predicted molar refractivity (Wildman–Crippen MR) is 58.6 cm³/mol. The number of hydrogen-bond acceptors (Lipinski definition) is 3. The lowest BCUT2D eigenvalue weighted by atomic mass is 9.85. The van der Waals surface area contributed by atoms with Crippen molar-refractivity contribution in [3.63, 3.8) is 0 Å². The maximum Gasteiger partial charge on any atom is 0.188 e. The number of hydrogen-bond donors (Lipinski definition) is 0. The zero-order valence-corrected chi connectivity index (χ0v) is 9.78. The summed E-state index contributed by atoms with van der Waals surface area (Å²) in [5.41, 5.74) is 0.516. The summed E-state index contributed by atoms with van der Waals surface area (Å²) >= 11 is 5.98. The highest BCUT2D eigenvalue weighted by molar-refractivity contribution is 6.33. The maximum atomic E-state index is 12.3. The largest absolute Gasteiger partial charge is 0.374 e. The average molecular weight is 241 g/mol. The molecule has 0 saturated carbocycles. The summed E-state index contributed by atoms with van der Waals surface area (Å²) in [5, 5.41) is 4.43. The van der Waals surface area contributed by atoms with Gasteiger partial charge in [0.2, 0.25) is 0 Å². The van der Waals surface area contributed by atoms with Crippen molar-refractivity contribution in [3.05, 3.63) is 16.9 Å². The Kier molecular flexibility index (Phi) is 2.30. The van der Waals surface area contributed by atoms with E-state index in [2.05, 4.69) is 5.10 Å². The van der Waals surface area contributed by atoms with E-state index in [9.17, 15) is 4.79 Å². The van der Waals surface area contributed by atoms with Crippen molar-refractivity contribution >= 4 is 17.4 Å². The van der Waals surface area contributed by atoms with Gasteiger partial charge in [-0.3, -0.25) is 9.48 Å². The van der Waals surface area contributed by atoms with Gasteiger partial charge in [0, 0.05) is 7.05 Å². The van der Waals surface area contributed by atoms with E-state index in [1.54, 1.807) is 11.7 Å². The highest BCUT2D eigenvalue weighted by atomic mass is 35.5. The van der Waals surface area contributed by atoms with Crippen LogP contribution >= 0.6 is 11.6 Å². The number of carbonyl (C=O) groups is 1. The third-order valence-electron chi connectivity index (χ3n) is 3.57. The fourth-order valence-electron chi connectivity index (χ4n) is 2.78. The number of nitrogens with zero attached hydrogens (tertiary/aromatic N) is 2. The van der Waals surface area contributed by atoms with E-state index in [1.165, 1.54) is 6.20 Å². The van der Waals surface area contributed by atoms with Crippen LogP contribution in [0.15, 0.2) is 6.20 Å². The lowest BCUT2D eigenvalue weighted by Crippen LogP contribution is -2.27. The van der Waals surface area contributed by atoms with Gasteiger partial charge in [0.05, 0.1) is 29.3 Å². The van der Waals surface area contributed by atoms with Gasteiger partial charge in [0.15, 0.2) is 5.78 Å². The molecular weight excluding hydrogens is 228 g/mol. The molecule has 4 nitrogen and oxygen atoms in total. The fraction of sp³-hybridized carbons (Fsp3) is 0.636. The second-order valence-corrected chi connectivity index (χ2v) is 4.95. The number of halogens is 1. The van der Waals surface area contributed by atoms with Crippen LogP contribution in [0.2, 0.25) is 5.02 Å². The number of ketones is 1. The molecule has 2 aliphatic heterocycles. The minimum absolute atomic E-state index is 0.0216. The van der Waals surface area contributed by atoms with E-state index >= 15 is 0 Å². The standard InChI is InChI=1S/C11H13ClN2O2/c1-14-10(8(12)5-13-14)11(15)7-4-6-2-3-9(7)16-6/h5-7,9H,2-4H2,1H3. The van der Waals surface area contributed by atoms with Crippen molar-refractivity contribution in [2.24, 2.45) is 13.0 Å². The molecule has 2 bridgehead atoms. The average Bonchev–Trinajstić information content (AvgIpc) is 2.93. The minimum atomic E-state index is -0.0216. The van der Waals surface area contributed by atoms with Crippen LogP contribution in [0.4, 0.5) is 0 Å². The van der Waals surface area contributed by atoms with Gasteiger partial charge in [-0.15, -0.1) is 0 Å². The first kappa shape index (κ1) is 10.3. The Morgan fingerprint density at radius 2 is 2.44 bits per heavy atom. The van der Waals surface area contributed by atoms with Crippen molar-refractivity contribution < 1.29 is 9.53 Å². The molecule has 2 saturated heterocycles. The first-order valence-corrected chi connectivity index (χ1v) is 5.92. The van der Waals surface area contributed by atoms with Crippen LogP contribution in [0.25, 0.3) is 0 Å². The van der Waals surface area contributed by atoms with Gasteiger partial charge in [-0.05, 0) is 19.3 Å². The molecule has 3 heterocycles. The Morgan fingerprint density at radius 1 is 1.62 bits per heavy atom. The van der Waals surface area contributed by atoms with Gasteiger partial charge in [0.1, 0.15) is 5.69 Å². The number of carbonyl (C=O) groups excluding carboxylic acids is 1. The normalized spacial score (nSPS) is 32.2. The molecule has 3 unspecified atom stereocenters. The van der Waals surface area contributed by atoms with Crippen molar-refractivity contribution in [1.29, 1.82) is 0 Å². The summed E-state index contributed by atoms with van der Waals surface area (Å²) in [5.74, 6) is 0.0591. The molecule has 0 aromatic carbocycles. The van der Waals surface area contributed by atoms with E-state index in [0.29, 0.717) is 10.7 Å². The summed E-state index contributed by atoms with van der Waals surface area (Å²) < 4.78 is 7.24. The van der Waals surface area contributed by atoms with Gasteiger partial charge < -0.3 is 4.74 Å². The van der Waals surface area contributed by atoms with Crippen molar-refractivity contribution in [1.82, 2.24) is 9.78 Å². The monoisotopic (exact) mass is 240 g/mol. The molecule has 0 radical (unpaired) electrons. The number of aromatic nitrogens is 2. The maximum absolute atomic E-state index is 12.3. The Morgan fingerprint density at radius 3 is 2.94 bits per heavy atom. The highest BCUT2D eigenvalue weighted by Gasteiger charge is 2.45. The third-order valence-corrected chi connectivity index (χ3v) is 3.85. The number of rotatable bonds is 2. The molecular formula is C11H13ClN2O2. The summed E-state index contributed by atoms with van der Waals surface area (Å²) in [6.45, 7) is 0. The van der Waals surface area contributed by atoms with Gasteiger partial charge >= 0.3 is 0 Å². The van der Waals surface area contributed by atoms with Crippen LogP contribution in [0.3, 0.4) is 0 Å². The van der Waals surface area contributed by atoms with Crippen LogP contribution in [0, 0.1) is 5.92 Å². The number of fused-ring (bicyclic) bond motifs is 2. The molecule has 3 atom stereocenters. The first-order chi connectivity index (χ1) is 7.66. The van der Waals surface area contributed by atoms with Gasteiger partial charge in [0.25, 0.3) is 0 Å². The second kappa shape index (κ2) is 3.57.